The Labute approximate surface area is 192 Å². The minimum absolute atomic E-state index is 0. The molecular formula is C22H37IN4O2. The zero-order chi connectivity index (χ0) is 19.8. The van der Waals surface area contributed by atoms with Crippen molar-refractivity contribution in [1.82, 2.24) is 15.5 Å². The normalized spacial score (nSPS) is 20.9. The summed E-state index contributed by atoms with van der Waals surface area (Å²) in [5.41, 5.74) is 2.35. The summed E-state index contributed by atoms with van der Waals surface area (Å²) in [4.78, 5) is 6.90. The molecule has 0 bridgehead atoms. The van der Waals surface area contributed by atoms with Crippen LogP contribution in [0.2, 0.25) is 0 Å². The number of hydrogen-bond donors (Lipinski definition) is 2. The summed E-state index contributed by atoms with van der Waals surface area (Å²) >= 11 is 0. The SMILES string of the molecule is CN=C(NCCN1CCC(C)CC1)NCc1ccc(C)cc1OC1CCOC1.I. The van der Waals surface area contributed by atoms with Gasteiger partial charge in [-0.05, 0) is 50.4 Å². The van der Waals surface area contributed by atoms with Gasteiger partial charge in [-0.25, -0.2) is 0 Å². The van der Waals surface area contributed by atoms with Crippen LogP contribution in [-0.4, -0.2) is 63.4 Å². The van der Waals surface area contributed by atoms with Gasteiger partial charge in [-0.3, -0.25) is 4.99 Å². The fraction of sp³-hybridized carbons (Fsp3) is 0.682. The molecule has 0 spiro atoms. The molecule has 2 aliphatic heterocycles. The Balaban J connectivity index is 0.00000300. The Morgan fingerprint density at radius 3 is 2.72 bits per heavy atom. The van der Waals surface area contributed by atoms with Gasteiger partial charge in [0, 0.05) is 38.7 Å². The van der Waals surface area contributed by atoms with E-state index < -0.39 is 0 Å². The minimum atomic E-state index is 0. The highest BCUT2D eigenvalue weighted by molar-refractivity contribution is 14.0. The van der Waals surface area contributed by atoms with E-state index in [0.717, 1.165) is 49.3 Å². The van der Waals surface area contributed by atoms with E-state index in [9.17, 15) is 0 Å². The first kappa shape index (κ1) is 24.2. The van der Waals surface area contributed by atoms with Crippen molar-refractivity contribution in [1.29, 1.82) is 0 Å². The van der Waals surface area contributed by atoms with Crippen LogP contribution < -0.4 is 15.4 Å². The Morgan fingerprint density at radius 1 is 1.24 bits per heavy atom. The average Bonchev–Trinajstić information content (AvgIpc) is 3.20. The zero-order valence-electron chi connectivity index (χ0n) is 18.1. The van der Waals surface area contributed by atoms with Gasteiger partial charge in [0.25, 0.3) is 0 Å². The van der Waals surface area contributed by atoms with E-state index in [1.54, 1.807) is 0 Å². The van der Waals surface area contributed by atoms with Crippen LogP contribution in [0.3, 0.4) is 0 Å². The lowest BCUT2D eigenvalue weighted by Crippen LogP contribution is -2.43. The van der Waals surface area contributed by atoms with E-state index in [4.69, 9.17) is 9.47 Å². The van der Waals surface area contributed by atoms with Crippen LogP contribution in [0, 0.1) is 12.8 Å². The second-order valence-corrected chi connectivity index (χ2v) is 8.09. The highest BCUT2D eigenvalue weighted by atomic mass is 127. The molecule has 2 N–H and O–H groups in total. The maximum absolute atomic E-state index is 6.19. The molecule has 29 heavy (non-hydrogen) atoms. The van der Waals surface area contributed by atoms with Crippen LogP contribution in [0.5, 0.6) is 5.75 Å². The van der Waals surface area contributed by atoms with Crippen LogP contribution in [0.4, 0.5) is 0 Å². The van der Waals surface area contributed by atoms with Gasteiger partial charge >= 0.3 is 0 Å². The standard InChI is InChI=1S/C22H36N4O2.HI/c1-17-6-10-26(11-7-17)12-9-24-22(23-3)25-15-19-5-4-18(2)14-21(19)28-20-8-13-27-16-20;/h4-5,14,17,20H,6-13,15-16H2,1-3H3,(H2,23,24,25);1H. The lowest BCUT2D eigenvalue weighted by molar-refractivity contribution is 0.140. The third-order valence-electron chi connectivity index (χ3n) is 5.67. The molecule has 7 heteroatoms. The summed E-state index contributed by atoms with van der Waals surface area (Å²) in [7, 11) is 1.82. The fourth-order valence-electron chi connectivity index (χ4n) is 3.72. The van der Waals surface area contributed by atoms with Crippen LogP contribution in [0.1, 0.15) is 37.3 Å². The van der Waals surface area contributed by atoms with Crippen molar-refractivity contribution in [2.75, 3.05) is 46.4 Å². The van der Waals surface area contributed by atoms with E-state index in [0.29, 0.717) is 13.2 Å². The third-order valence-corrected chi connectivity index (χ3v) is 5.67. The molecule has 0 aliphatic carbocycles. The van der Waals surface area contributed by atoms with Gasteiger partial charge in [0.05, 0.1) is 13.2 Å². The molecule has 2 aliphatic rings. The highest BCUT2D eigenvalue weighted by Gasteiger charge is 2.19. The molecule has 0 amide bonds. The van der Waals surface area contributed by atoms with Crippen molar-refractivity contribution in [2.24, 2.45) is 10.9 Å². The monoisotopic (exact) mass is 516 g/mol. The maximum atomic E-state index is 6.19. The number of benzene rings is 1. The largest absolute Gasteiger partial charge is 0.488 e. The van der Waals surface area contributed by atoms with Crippen LogP contribution in [0.15, 0.2) is 23.2 Å². The quantitative estimate of drug-likeness (QED) is 0.331. The predicted octanol–water partition coefficient (Wildman–Crippen LogP) is 3.18. The molecule has 2 saturated heterocycles. The van der Waals surface area contributed by atoms with E-state index >= 15 is 0 Å². The summed E-state index contributed by atoms with van der Waals surface area (Å²) in [6.07, 6.45) is 3.74. The molecule has 1 aromatic carbocycles. The number of nitrogens with one attached hydrogen (secondary N) is 2. The number of halogens is 1. The number of aliphatic imine (C=N–C) groups is 1. The molecule has 1 unspecified atom stereocenters. The van der Waals surface area contributed by atoms with Gasteiger partial charge in [-0.15, -0.1) is 24.0 Å². The van der Waals surface area contributed by atoms with Crippen molar-refractivity contribution >= 4 is 29.9 Å². The van der Waals surface area contributed by atoms with Crippen molar-refractivity contribution in [3.63, 3.8) is 0 Å². The van der Waals surface area contributed by atoms with E-state index in [2.05, 4.69) is 52.6 Å². The van der Waals surface area contributed by atoms with Crippen LogP contribution >= 0.6 is 24.0 Å². The first-order valence-electron chi connectivity index (χ1n) is 10.6. The smallest absolute Gasteiger partial charge is 0.191 e. The number of likely N-dealkylation sites (tertiary alicyclic amines) is 1. The summed E-state index contributed by atoms with van der Waals surface area (Å²) < 4.78 is 11.6. The molecule has 0 radical (unpaired) electrons. The topological polar surface area (TPSA) is 58.1 Å². The number of aryl methyl sites for hydroxylation is 1. The number of ether oxygens (including phenoxy) is 2. The Bertz CT molecular complexity index is 642. The van der Waals surface area contributed by atoms with Crippen molar-refractivity contribution in [3.05, 3.63) is 29.3 Å². The first-order valence-corrected chi connectivity index (χ1v) is 10.6. The van der Waals surface area contributed by atoms with Gasteiger partial charge in [0.1, 0.15) is 11.9 Å². The zero-order valence-corrected chi connectivity index (χ0v) is 20.4. The lowest BCUT2D eigenvalue weighted by Gasteiger charge is -2.30. The van der Waals surface area contributed by atoms with Crippen molar-refractivity contribution in [3.8, 4) is 5.75 Å². The molecular weight excluding hydrogens is 479 g/mol. The second kappa shape index (κ2) is 12.6. The summed E-state index contributed by atoms with van der Waals surface area (Å²) in [5.74, 6) is 2.65. The summed E-state index contributed by atoms with van der Waals surface area (Å²) in [6.45, 7) is 11.0. The molecule has 0 saturated carbocycles. The number of rotatable bonds is 7. The average molecular weight is 516 g/mol. The lowest BCUT2D eigenvalue weighted by atomic mass is 9.99. The minimum Gasteiger partial charge on any atom is -0.488 e. The highest BCUT2D eigenvalue weighted by Crippen LogP contribution is 2.23. The first-order chi connectivity index (χ1) is 13.6. The maximum Gasteiger partial charge on any atom is 0.191 e. The van der Waals surface area contributed by atoms with Gasteiger partial charge in [0.2, 0.25) is 0 Å². The summed E-state index contributed by atoms with van der Waals surface area (Å²) in [5, 5.41) is 6.86. The predicted molar refractivity (Wildman–Crippen MR) is 129 cm³/mol. The van der Waals surface area contributed by atoms with E-state index in [1.807, 2.05) is 7.05 Å². The summed E-state index contributed by atoms with van der Waals surface area (Å²) in [6, 6.07) is 6.38. The van der Waals surface area contributed by atoms with Gasteiger partial charge in [-0.1, -0.05) is 19.1 Å². The van der Waals surface area contributed by atoms with E-state index in [1.165, 1.54) is 31.5 Å². The molecule has 2 fully saturated rings. The Kier molecular flexibility index (Phi) is 10.5. The molecule has 2 heterocycles. The molecule has 6 nitrogen and oxygen atoms in total. The van der Waals surface area contributed by atoms with Gasteiger partial charge in [0.15, 0.2) is 5.96 Å². The van der Waals surface area contributed by atoms with Crippen LogP contribution in [-0.2, 0) is 11.3 Å². The van der Waals surface area contributed by atoms with Crippen molar-refractivity contribution < 1.29 is 9.47 Å². The Morgan fingerprint density at radius 2 is 2.03 bits per heavy atom. The fourth-order valence-corrected chi connectivity index (χ4v) is 3.72. The molecule has 1 atom stereocenters. The number of guanidine groups is 1. The number of hydrogen-bond acceptors (Lipinski definition) is 4. The van der Waals surface area contributed by atoms with Crippen molar-refractivity contribution in [2.45, 2.75) is 45.8 Å². The molecule has 1 aromatic rings. The van der Waals surface area contributed by atoms with Gasteiger partial charge in [-0.2, -0.15) is 0 Å². The van der Waals surface area contributed by atoms with Crippen LogP contribution in [0.25, 0.3) is 0 Å². The number of nitrogens with zero attached hydrogens (tertiary/aromatic N) is 2. The van der Waals surface area contributed by atoms with E-state index in [-0.39, 0.29) is 30.1 Å². The molecule has 3 rings (SSSR count). The molecule has 0 aromatic heterocycles. The number of piperidine rings is 1. The Hall–Kier alpha value is -1.06. The second-order valence-electron chi connectivity index (χ2n) is 8.09. The molecule has 164 valence electrons. The third kappa shape index (κ3) is 7.94. The van der Waals surface area contributed by atoms with Gasteiger partial charge < -0.3 is 25.0 Å².